The maximum Gasteiger partial charge on any atom is 0.265 e. The fourth-order valence-electron chi connectivity index (χ4n) is 3.48. The van der Waals surface area contributed by atoms with E-state index in [0.29, 0.717) is 17.0 Å². The van der Waals surface area contributed by atoms with Gasteiger partial charge >= 0.3 is 0 Å². The highest BCUT2D eigenvalue weighted by molar-refractivity contribution is 6.04. The Hall–Kier alpha value is -2.82. The minimum Gasteiger partial charge on any atom is -0.481 e. The Kier molecular flexibility index (Phi) is 6.69. The van der Waals surface area contributed by atoms with Crippen molar-refractivity contribution in [3.63, 3.8) is 0 Å². The first-order valence-corrected chi connectivity index (χ1v) is 9.97. The first-order chi connectivity index (χ1) is 13.5. The zero-order valence-electron chi connectivity index (χ0n) is 16.5. The highest BCUT2D eigenvalue weighted by Gasteiger charge is 2.21. The van der Waals surface area contributed by atoms with Gasteiger partial charge in [0.2, 0.25) is 0 Å². The Balaban J connectivity index is 1.64. The SMILES string of the molecule is Cc1cccc(OC(C)C(=O)Nc2ccccc2C(=O)NC2CCCCC2)c1. The normalized spacial score (nSPS) is 15.5. The monoisotopic (exact) mass is 380 g/mol. The number of hydrogen-bond donors (Lipinski definition) is 2. The number of benzene rings is 2. The maximum atomic E-state index is 12.7. The number of para-hydroxylation sites is 1. The Labute approximate surface area is 166 Å². The number of carbonyl (C=O) groups is 2. The first kappa shape index (κ1) is 19.9. The molecular formula is C23H28N2O3. The van der Waals surface area contributed by atoms with E-state index >= 15 is 0 Å². The van der Waals surface area contributed by atoms with Crippen LogP contribution >= 0.6 is 0 Å². The highest BCUT2D eigenvalue weighted by atomic mass is 16.5. The lowest BCUT2D eigenvalue weighted by atomic mass is 9.95. The van der Waals surface area contributed by atoms with Gasteiger partial charge in [-0.15, -0.1) is 0 Å². The summed E-state index contributed by atoms with van der Waals surface area (Å²) in [6.45, 7) is 3.67. The van der Waals surface area contributed by atoms with Gasteiger partial charge < -0.3 is 15.4 Å². The highest BCUT2D eigenvalue weighted by Crippen LogP contribution is 2.21. The molecule has 148 valence electrons. The fraction of sp³-hybridized carbons (Fsp3) is 0.391. The van der Waals surface area contributed by atoms with E-state index in [-0.39, 0.29) is 17.9 Å². The number of carbonyl (C=O) groups excluding carboxylic acids is 2. The Morgan fingerprint density at radius 3 is 2.54 bits per heavy atom. The average molecular weight is 380 g/mol. The molecule has 0 heterocycles. The predicted octanol–water partition coefficient (Wildman–Crippen LogP) is 4.46. The van der Waals surface area contributed by atoms with E-state index in [1.807, 2.05) is 31.2 Å². The number of ether oxygens (including phenoxy) is 1. The average Bonchev–Trinajstić information content (AvgIpc) is 2.69. The zero-order valence-corrected chi connectivity index (χ0v) is 16.5. The van der Waals surface area contributed by atoms with Gasteiger partial charge in [-0.25, -0.2) is 0 Å². The van der Waals surface area contributed by atoms with Gasteiger partial charge in [0, 0.05) is 6.04 Å². The lowest BCUT2D eigenvalue weighted by molar-refractivity contribution is -0.122. The van der Waals surface area contributed by atoms with E-state index in [1.54, 1.807) is 31.2 Å². The van der Waals surface area contributed by atoms with Crippen molar-refractivity contribution in [1.29, 1.82) is 0 Å². The number of anilines is 1. The van der Waals surface area contributed by atoms with Gasteiger partial charge in [0.25, 0.3) is 11.8 Å². The second-order valence-electron chi connectivity index (χ2n) is 7.42. The van der Waals surface area contributed by atoms with Gasteiger partial charge in [0.1, 0.15) is 5.75 Å². The van der Waals surface area contributed by atoms with E-state index in [9.17, 15) is 9.59 Å². The van der Waals surface area contributed by atoms with Crippen molar-refractivity contribution >= 4 is 17.5 Å². The Morgan fingerprint density at radius 2 is 1.79 bits per heavy atom. The molecule has 0 saturated heterocycles. The van der Waals surface area contributed by atoms with E-state index < -0.39 is 6.10 Å². The molecule has 0 spiro atoms. The van der Waals surface area contributed by atoms with E-state index in [0.717, 1.165) is 31.2 Å². The summed E-state index contributed by atoms with van der Waals surface area (Å²) in [6.07, 6.45) is 4.88. The van der Waals surface area contributed by atoms with Crippen molar-refractivity contribution in [2.45, 2.75) is 58.1 Å². The molecule has 1 atom stereocenters. The summed E-state index contributed by atoms with van der Waals surface area (Å²) in [5, 5.41) is 5.94. The third-order valence-electron chi connectivity index (χ3n) is 5.04. The molecule has 0 aromatic heterocycles. The number of nitrogens with one attached hydrogen (secondary N) is 2. The lowest BCUT2D eigenvalue weighted by Gasteiger charge is -2.23. The molecular weight excluding hydrogens is 352 g/mol. The molecule has 2 N–H and O–H groups in total. The molecule has 0 aliphatic heterocycles. The molecule has 1 saturated carbocycles. The smallest absolute Gasteiger partial charge is 0.265 e. The second-order valence-corrected chi connectivity index (χ2v) is 7.42. The van der Waals surface area contributed by atoms with Crippen molar-refractivity contribution in [1.82, 2.24) is 5.32 Å². The minimum absolute atomic E-state index is 0.143. The molecule has 5 nitrogen and oxygen atoms in total. The summed E-state index contributed by atoms with van der Waals surface area (Å²) in [7, 11) is 0. The minimum atomic E-state index is -0.684. The molecule has 5 heteroatoms. The van der Waals surface area contributed by atoms with Crippen molar-refractivity contribution in [3.05, 3.63) is 59.7 Å². The number of aryl methyl sites for hydroxylation is 1. The standard InChI is InChI=1S/C23H28N2O3/c1-16-9-8-12-19(15-16)28-17(2)22(26)25-21-14-7-6-13-20(21)23(27)24-18-10-4-3-5-11-18/h6-9,12-15,17-18H,3-5,10-11H2,1-2H3,(H,24,27)(H,25,26). The summed E-state index contributed by atoms with van der Waals surface area (Å²) in [5.74, 6) is 0.209. The van der Waals surface area contributed by atoms with Crippen molar-refractivity contribution in [2.24, 2.45) is 0 Å². The van der Waals surface area contributed by atoms with Gasteiger partial charge in [0.15, 0.2) is 6.10 Å². The van der Waals surface area contributed by atoms with Gasteiger partial charge in [-0.05, 0) is 56.5 Å². The molecule has 28 heavy (non-hydrogen) atoms. The summed E-state index contributed by atoms with van der Waals surface area (Å²) in [4.78, 5) is 25.3. The van der Waals surface area contributed by atoms with Gasteiger partial charge in [0.05, 0.1) is 11.3 Å². The lowest BCUT2D eigenvalue weighted by Crippen LogP contribution is -2.37. The summed E-state index contributed by atoms with van der Waals surface area (Å²) >= 11 is 0. The number of hydrogen-bond acceptors (Lipinski definition) is 3. The molecule has 1 fully saturated rings. The van der Waals surface area contributed by atoms with Crippen LogP contribution in [0.5, 0.6) is 5.75 Å². The first-order valence-electron chi connectivity index (χ1n) is 9.97. The van der Waals surface area contributed by atoms with Crippen LogP contribution in [0.15, 0.2) is 48.5 Å². The van der Waals surface area contributed by atoms with Crippen molar-refractivity contribution < 1.29 is 14.3 Å². The topological polar surface area (TPSA) is 67.4 Å². The van der Waals surface area contributed by atoms with Crippen LogP contribution in [-0.4, -0.2) is 24.0 Å². The largest absolute Gasteiger partial charge is 0.481 e. The third kappa shape index (κ3) is 5.35. The predicted molar refractivity (Wildman–Crippen MR) is 111 cm³/mol. The molecule has 1 unspecified atom stereocenters. The van der Waals surface area contributed by atoms with E-state index in [4.69, 9.17) is 4.74 Å². The van der Waals surface area contributed by atoms with E-state index in [1.165, 1.54) is 6.42 Å². The molecule has 2 amide bonds. The van der Waals surface area contributed by atoms with Crippen molar-refractivity contribution in [2.75, 3.05) is 5.32 Å². The number of amides is 2. The number of rotatable bonds is 6. The molecule has 2 aromatic carbocycles. The molecule has 0 radical (unpaired) electrons. The molecule has 1 aliphatic carbocycles. The van der Waals surface area contributed by atoms with Crippen LogP contribution in [0, 0.1) is 6.92 Å². The van der Waals surface area contributed by atoms with Gasteiger partial charge in [-0.3, -0.25) is 9.59 Å². The molecule has 2 aromatic rings. The van der Waals surface area contributed by atoms with Crippen LogP contribution in [0.3, 0.4) is 0 Å². The van der Waals surface area contributed by atoms with Crippen LogP contribution in [0.1, 0.15) is 54.9 Å². The van der Waals surface area contributed by atoms with Crippen LogP contribution in [0.25, 0.3) is 0 Å². The quantitative estimate of drug-likeness (QED) is 0.777. The Bertz CT molecular complexity index is 828. The molecule has 3 rings (SSSR count). The van der Waals surface area contributed by atoms with Crippen LogP contribution < -0.4 is 15.4 Å². The van der Waals surface area contributed by atoms with Gasteiger partial charge in [-0.1, -0.05) is 43.5 Å². The summed E-state index contributed by atoms with van der Waals surface area (Å²) < 4.78 is 5.74. The Morgan fingerprint density at radius 1 is 1.04 bits per heavy atom. The van der Waals surface area contributed by atoms with Gasteiger partial charge in [-0.2, -0.15) is 0 Å². The van der Waals surface area contributed by atoms with Crippen LogP contribution in [-0.2, 0) is 4.79 Å². The maximum absolute atomic E-state index is 12.7. The molecule has 0 bridgehead atoms. The second kappa shape index (κ2) is 9.40. The summed E-state index contributed by atoms with van der Waals surface area (Å²) in [5.41, 5.74) is 2.04. The van der Waals surface area contributed by atoms with Crippen LogP contribution in [0.4, 0.5) is 5.69 Å². The fourth-order valence-corrected chi connectivity index (χ4v) is 3.48. The molecule has 1 aliphatic rings. The third-order valence-corrected chi connectivity index (χ3v) is 5.04. The van der Waals surface area contributed by atoms with Crippen molar-refractivity contribution in [3.8, 4) is 5.75 Å². The van der Waals surface area contributed by atoms with E-state index in [2.05, 4.69) is 10.6 Å². The summed E-state index contributed by atoms with van der Waals surface area (Å²) in [6, 6.07) is 14.9. The zero-order chi connectivity index (χ0) is 19.9. The van der Waals surface area contributed by atoms with Crippen LogP contribution in [0.2, 0.25) is 0 Å².